The number of piperidine rings is 1. The second-order valence-electron chi connectivity index (χ2n) is 4.71. The Hall–Kier alpha value is -0.570. The molecule has 0 bridgehead atoms. The van der Waals surface area contributed by atoms with Crippen molar-refractivity contribution in [2.45, 2.75) is 38.6 Å². The monoisotopic (exact) mass is 182 g/mol. The van der Waals surface area contributed by atoms with E-state index in [4.69, 9.17) is 5.73 Å². The fourth-order valence-electron chi connectivity index (χ4n) is 1.98. The Morgan fingerprint density at radius 2 is 2.23 bits per heavy atom. The molecule has 0 spiro atoms. The van der Waals surface area contributed by atoms with Crippen molar-refractivity contribution in [2.24, 2.45) is 11.1 Å². The molecular formula is C10H18N2O. The minimum Gasteiger partial charge on any atom is -0.341 e. The number of nitrogens with two attached hydrogens (primary N) is 1. The molecule has 3 heteroatoms. The first-order valence-electron chi connectivity index (χ1n) is 5.17. The number of carbonyl (C=O) groups excluding carboxylic acids is 1. The fourth-order valence-corrected chi connectivity index (χ4v) is 1.98. The van der Waals surface area contributed by atoms with E-state index in [-0.39, 0.29) is 11.5 Å². The van der Waals surface area contributed by atoms with Gasteiger partial charge in [-0.25, -0.2) is 0 Å². The lowest BCUT2D eigenvalue weighted by atomic mass is 10.0. The second-order valence-corrected chi connectivity index (χ2v) is 4.71. The topological polar surface area (TPSA) is 46.3 Å². The SMILES string of the molecule is CC1(C(=O)N2CCCC(N)C2)CC1. The van der Waals surface area contributed by atoms with Crippen LogP contribution >= 0.6 is 0 Å². The Labute approximate surface area is 79.3 Å². The lowest BCUT2D eigenvalue weighted by Gasteiger charge is -2.32. The third-order valence-corrected chi connectivity index (χ3v) is 3.26. The van der Waals surface area contributed by atoms with E-state index < -0.39 is 0 Å². The first-order valence-corrected chi connectivity index (χ1v) is 5.17. The molecule has 0 aromatic carbocycles. The van der Waals surface area contributed by atoms with Crippen molar-refractivity contribution in [2.75, 3.05) is 13.1 Å². The van der Waals surface area contributed by atoms with Crippen molar-refractivity contribution in [3.8, 4) is 0 Å². The van der Waals surface area contributed by atoms with Crippen molar-refractivity contribution in [3.05, 3.63) is 0 Å². The number of carbonyl (C=O) groups is 1. The maximum absolute atomic E-state index is 11.9. The summed E-state index contributed by atoms with van der Waals surface area (Å²) in [6.07, 6.45) is 4.28. The molecule has 3 nitrogen and oxygen atoms in total. The molecule has 74 valence electrons. The van der Waals surface area contributed by atoms with Crippen LogP contribution in [0.1, 0.15) is 32.6 Å². The predicted molar refractivity (Wildman–Crippen MR) is 51.1 cm³/mol. The molecule has 2 N–H and O–H groups in total. The molecule has 0 aromatic heterocycles. The predicted octanol–water partition coefficient (Wildman–Crippen LogP) is 0.736. The van der Waals surface area contributed by atoms with Crippen molar-refractivity contribution in [3.63, 3.8) is 0 Å². The van der Waals surface area contributed by atoms with Crippen molar-refractivity contribution >= 4 is 5.91 Å². The molecule has 1 saturated heterocycles. The Morgan fingerprint density at radius 3 is 2.77 bits per heavy atom. The number of likely N-dealkylation sites (tertiary alicyclic amines) is 1. The lowest BCUT2D eigenvalue weighted by Crippen LogP contribution is -2.47. The first-order chi connectivity index (χ1) is 6.12. The van der Waals surface area contributed by atoms with Gasteiger partial charge in [0.25, 0.3) is 0 Å². The average Bonchev–Trinajstić information content (AvgIpc) is 2.84. The van der Waals surface area contributed by atoms with Crippen LogP contribution in [0, 0.1) is 5.41 Å². The molecule has 0 aromatic rings. The van der Waals surface area contributed by atoms with E-state index in [1.54, 1.807) is 0 Å². The number of rotatable bonds is 1. The smallest absolute Gasteiger partial charge is 0.228 e. The number of hydrogen-bond donors (Lipinski definition) is 1. The van der Waals surface area contributed by atoms with Gasteiger partial charge < -0.3 is 10.6 Å². The molecule has 1 heterocycles. The highest BCUT2D eigenvalue weighted by Crippen LogP contribution is 2.46. The van der Waals surface area contributed by atoms with Gasteiger partial charge in [-0.05, 0) is 25.7 Å². The molecule has 2 rings (SSSR count). The van der Waals surface area contributed by atoms with E-state index in [9.17, 15) is 4.79 Å². The van der Waals surface area contributed by atoms with Gasteiger partial charge in [0, 0.05) is 24.5 Å². The molecule has 1 atom stereocenters. The summed E-state index contributed by atoms with van der Waals surface area (Å²) in [4.78, 5) is 13.9. The van der Waals surface area contributed by atoms with Crippen LogP contribution < -0.4 is 5.73 Å². The third kappa shape index (κ3) is 1.70. The van der Waals surface area contributed by atoms with Crippen molar-refractivity contribution < 1.29 is 4.79 Å². The average molecular weight is 182 g/mol. The Bertz CT molecular complexity index is 223. The highest BCUT2D eigenvalue weighted by Gasteiger charge is 2.47. The van der Waals surface area contributed by atoms with Crippen LogP contribution in [0.3, 0.4) is 0 Å². The molecule has 2 aliphatic rings. The van der Waals surface area contributed by atoms with E-state index in [0.717, 1.165) is 38.8 Å². The number of hydrogen-bond acceptors (Lipinski definition) is 2. The molecule has 2 fully saturated rings. The van der Waals surface area contributed by atoms with Crippen LogP contribution in [0.25, 0.3) is 0 Å². The summed E-state index contributed by atoms with van der Waals surface area (Å²) < 4.78 is 0. The summed E-state index contributed by atoms with van der Waals surface area (Å²) in [5.41, 5.74) is 5.82. The number of amides is 1. The van der Waals surface area contributed by atoms with Gasteiger partial charge in [-0.1, -0.05) is 6.92 Å². The zero-order valence-electron chi connectivity index (χ0n) is 8.25. The highest BCUT2D eigenvalue weighted by atomic mass is 16.2. The van der Waals surface area contributed by atoms with E-state index in [2.05, 4.69) is 6.92 Å². The molecule has 0 radical (unpaired) electrons. The first kappa shape index (κ1) is 9.00. The van der Waals surface area contributed by atoms with Crippen LogP contribution in [0.5, 0.6) is 0 Å². The summed E-state index contributed by atoms with van der Waals surface area (Å²) in [6, 6.07) is 0.208. The third-order valence-electron chi connectivity index (χ3n) is 3.26. The van der Waals surface area contributed by atoms with Crippen LogP contribution in [0.2, 0.25) is 0 Å². The molecule has 1 aliphatic heterocycles. The Morgan fingerprint density at radius 1 is 1.54 bits per heavy atom. The Balaban J connectivity index is 1.96. The standard InChI is InChI=1S/C10H18N2O/c1-10(4-5-10)9(13)12-6-2-3-8(11)7-12/h8H,2-7,11H2,1H3. The Kier molecular flexibility index (Phi) is 2.06. The van der Waals surface area contributed by atoms with Crippen LogP contribution in [-0.4, -0.2) is 29.9 Å². The maximum Gasteiger partial charge on any atom is 0.228 e. The quantitative estimate of drug-likeness (QED) is 0.650. The van der Waals surface area contributed by atoms with Crippen LogP contribution in [-0.2, 0) is 4.79 Å². The van der Waals surface area contributed by atoms with E-state index >= 15 is 0 Å². The molecule has 1 saturated carbocycles. The molecule has 13 heavy (non-hydrogen) atoms. The molecule has 1 unspecified atom stereocenters. The van der Waals surface area contributed by atoms with Crippen molar-refractivity contribution in [1.82, 2.24) is 4.90 Å². The fraction of sp³-hybridized carbons (Fsp3) is 0.900. The van der Waals surface area contributed by atoms with Crippen LogP contribution in [0.4, 0.5) is 0 Å². The summed E-state index contributed by atoms with van der Waals surface area (Å²) in [5.74, 6) is 0.336. The molecule has 1 amide bonds. The summed E-state index contributed by atoms with van der Waals surface area (Å²) >= 11 is 0. The highest BCUT2D eigenvalue weighted by molar-refractivity contribution is 5.85. The van der Waals surface area contributed by atoms with Gasteiger partial charge in [0.05, 0.1) is 0 Å². The van der Waals surface area contributed by atoms with Gasteiger partial charge >= 0.3 is 0 Å². The normalized spacial score (nSPS) is 31.5. The minimum absolute atomic E-state index is 0.0168. The zero-order chi connectivity index (χ0) is 9.47. The van der Waals surface area contributed by atoms with Crippen LogP contribution in [0.15, 0.2) is 0 Å². The van der Waals surface area contributed by atoms with Gasteiger partial charge in [0.2, 0.25) is 5.91 Å². The van der Waals surface area contributed by atoms with Crippen molar-refractivity contribution in [1.29, 1.82) is 0 Å². The summed E-state index contributed by atoms with van der Waals surface area (Å²) in [5, 5.41) is 0. The molecular weight excluding hydrogens is 164 g/mol. The largest absolute Gasteiger partial charge is 0.341 e. The summed E-state index contributed by atoms with van der Waals surface area (Å²) in [6.45, 7) is 3.76. The lowest BCUT2D eigenvalue weighted by molar-refractivity contribution is -0.137. The van der Waals surface area contributed by atoms with E-state index in [1.807, 2.05) is 4.90 Å². The second kappa shape index (κ2) is 2.98. The maximum atomic E-state index is 11.9. The summed E-state index contributed by atoms with van der Waals surface area (Å²) in [7, 11) is 0. The van der Waals surface area contributed by atoms with Gasteiger partial charge in [-0.15, -0.1) is 0 Å². The van der Waals surface area contributed by atoms with Gasteiger partial charge in [0.15, 0.2) is 0 Å². The van der Waals surface area contributed by atoms with E-state index in [0.29, 0.717) is 5.91 Å². The van der Waals surface area contributed by atoms with E-state index in [1.165, 1.54) is 0 Å². The minimum atomic E-state index is -0.0168. The van der Waals surface area contributed by atoms with Gasteiger partial charge in [0.1, 0.15) is 0 Å². The molecule has 1 aliphatic carbocycles. The van der Waals surface area contributed by atoms with Gasteiger partial charge in [-0.3, -0.25) is 4.79 Å². The number of nitrogens with zero attached hydrogens (tertiary/aromatic N) is 1. The van der Waals surface area contributed by atoms with Gasteiger partial charge in [-0.2, -0.15) is 0 Å². The zero-order valence-corrected chi connectivity index (χ0v) is 8.25.